The average Bonchev–Trinajstić information content (AvgIpc) is 2.28. The van der Waals surface area contributed by atoms with E-state index in [4.69, 9.17) is 5.11 Å². The van der Waals surface area contributed by atoms with Crippen LogP contribution in [0.15, 0.2) is 29.2 Å². The molecule has 0 saturated carbocycles. The summed E-state index contributed by atoms with van der Waals surface area (Å²) in [6.45, 7) is 3.40. The van der Waals surface area contributed by atoms with Gasteiger partial charge < -0.3 is 5.11 Å². The molecular weight excluding hydrogens is 226 g/mol. The summed E-state index contributed by atoms with van der Waals surface area (Å²) >= 11 is 0. The van der Waals surface area contributed by atoms with Gasteiger partial charge in [0.15, 0.2) is 0 Å². The van der Waals surface area contributed by atoms with E-state index in [9.17, 15) is 8.42 Å². The van der Waals surface area contributed by atoms with Crippen LogP contribution in [0.5, 0.6) is 0 Å². The Hall–Kier alpha value is -0.910. The molecule has 1 aromatic carbocycles. The lowest BCUT2D eigenvalue weighted by atomic mass is 10.2. The van der Waals surface area contributed by atoms with Crippen molar-refractivity contribution in [3.05, 3.63) is 29.8 Å². The van der Waals surface area contributed by atoms with E-state index in [0.717, 1.165) is 12.0 Å². The molecule has 1 atom stereocenters. The van der Waals surface area contributed by atoms with Gasteiger partial charge in [0, 0.05) is 6.04 Å². The van der Waals surface area contributed by atoms with Gasteiger partial charge in [-0.25, -0.2) is 13.1 Å². The van der Waals surface area contributed by atoms with Crippen LogP contribution in [-0.2, 0) is 16.4 Å². The van der Waals surface area contributed by atoms with E-state index < -0.39 is 16.1 Å². The van der Waals surface area contributed by atoms with Crippen LogP contribution in [-0.4, -0.2) is 26.2 Å². The van der Waals surface area contributed by atoms with Crippen molar-refractivity contribution in [2.75, 3.05) is 6.61 Å². The molecule has 1 aromatic rings. The summed E-state index contributed by atoms with van der Waals surface area (Å²) in [7, 11) is -3.51. The van der Waals surface area contributed by atoms with Crippen molar-refractivity contribution >= 4 is 10.0 Å². The van der Waals surface area contributed by atoms with Gasteiger partial charge >= 0.3 is 0 Å². The van der Waals surface area contributed by atoms with Crippen molar-refractivity contribution in [1.82, 2.24) is 4.72 Å². The van der Waals surface area contributed by atoms with Crippen molar-refractivity contribution in [2.45, 2.75) is 31.2 Å². The third-order valence-corrected chi connectivity index (χ3v) is 3.88. The average molecular weight is 243 g/mol. The van der Waals surface area contributed by atoms with Crippen molar-refractivity contribution < 1.29 is 13.5 Å². The molecular formula is C11H17NO3S. The highest BCUT2D eigenvalue weighted by molar-refractivity contribution is 7.89. The molecule has 0 bridgehead atoms. The first-order valence-electron chi connectivity index (χ1n) is 5.21. The molecule has 0 aliphatic rings. The molecule has 16 heavy (non-hydrogen) atoms. The van der Waals surface area contributed by atoms with Crippen LogP contribution >= 0.6 is 0 Å². The Balaban J connectivity index is 2.90. The van der Waals surface area contributed by atoms with Crippen molar-refractivity contribution in [1.29, 1.82) is 0 Å². The van der Waals surface area contributed by atoms with E-state index in [1.807, 2.05) is 6.92 Å². The van der Waals surface area contributed by atoms with E-state index in [2.05, 4.69) is 4.72 Å². The Labute approximate surface area is 96.4 Å². The maximum atomic E-state index is 11.8. The minimum atomic E-state index is -3.51. The maximum absolute atomic E-state index is 11.8. The van der Waals surface area contributed by atoms with E-state index in [1.165, 1.54) is 0 Å². The zero-order chi connectivity index (χ0) is 12.2. The van der Waals surface area contributed by atoms with Gasteiger partial charge in [0.05, 0.1) is 11.5 Å². The Kier molecular flexibility index (Phi) is 4.46. The lowest BCUT2D eigenvalue weighted by Gasteiger charge is -2.11. The van der Waals surface area contributed by atoms with Gasteiger partial charge in [0.1, 0.15) is 0 Å². The smallest absolute Gasteiger partial charge is 0.240 e. The molecule has 0 spiro atoms. The summed E-state index contributed by atoms with van der Waals surface area (Å²) in [5.74, 6) is 0. The Bertz CT molecular complexity index is 425. The predicted molar refractivity (Wildman–Crippen MR) is 62.7 cm³/mol. The van der Waals surface area contributed by atoms with Crippen molar-refractivity contribution in [2.24, 2.45) is 0 Å². The first kappa shape index (κ1) is 13.2. The molecule has 0 aliphatic heterocycles. The van der Waals surface area contributed by atoms with Gasteiger partial charge in [-0.1, -0.05) is 19.1 Å². The second kappa shape index (κ2) is 5.43. The maximum Gasteiger partial charge on any atom is 0.240 e. The summed E-state index contributed by atoms with van der Waals surface area (Å²) in [5, 5.41) is 8.80. The molecule has 90 valence electrons. The standard InChI is InChI=1S/C11H17NO3S/c1-3-10-4-6-11(7-5-10)16(14,15)12-9(2)8-13/h4-7,9,12-13H,3,8H2,1-2H3/t9-/m0/s1. The zero-order valence-corrected chi connectivity index (χ0v) is 10.3. The predicted octanol–water partition coefficient (Wildman–Crippen LogP) is 0.908. The van der Waals surface area contributed by atoms with Crippen molar-refractivity contribution in [3.63, 3.8) is 0 Å². The van der Waals surface area contributed by atoms with Gasteiger partial charge in [0.25, 0.3) is 0 Å². The van der Waals surface area contributed by atoms with Gasteiger partial charge in [0.2, 0.25) is 10.0 Å². The summed E-state index contributed by atoms with van der Waals surface area (Å²) in [6, 6.07) is 6.25. The fourth-order valence-electron chi connectivity index (χ4n) is 1.27. The summed E-state index contributed by atoms with van der Waals surface area (Å²) in [4.78, 5) is 0.227. The van der Waals surface area contributed by atoms with Crippen LogP contribution in [0.3, 0.4) is 0 Å². The highest BCUT2D eigenvalue weighted by atomic mass is 32.2. The number of sulfonamides is 1. The van der Waals surface area contributed by atoms with Crippen LogP contribution in [0, 0.1) is 0 Å². The number of aliphatic hydroxyl groups is 1. The van der Waals surface area contributed by atoms with E-state index in [0.29, 0.717) is 0 Å². The zero-order valence-electron chi connectivity index (χ0n) is 9.47. The lowest BCUT2D eigenvalue weighted by Crippen LogP contribution is -2.34. The first-order valence-corrected chi connectivity index (χ1v) is 6.70. The van der Waals surface area contributed by atoms with Crippen LogP contribution < -0.4 is 4.72 Å². The quantitative estimate of drug-likeness (QED) is 0.807. The van der Waals surface area contributed by atoms with Gasteiger partial charge in [-0.3, -0.25) is 0 Å². The van der Waals surface area contributed by atoms with Crippen LogP contribution in [0.4, 0.5) is 0 Å². The Morgan fingerprint density at radius 2 is 1.88 bits per heavy atom. The SMILES string of the molecule is CCc1ccc(S(=O)(=O)N[C@@H](C)CO)cc1. The number of rotatable bonds is 5. The van der Waals surface area contributed by atoms with Crippen LogP contribution in [0.2, 0.25) is 0 Å². The summed E-state index contributed by atoms with van der Waals surface area (Å²) in [6.07, 6.45) is 0.876. The number of nitrogens with one attached hydrogen (secondary N) is 1. The third kappa shape index (κ3) is 3.30. The molecule has 0 aromatic heterocycles. The largest absolute Gasteiger partial charge is 0.395 e. The molecule has 2 N–H and O–H groups in total. The second-order valence-electron chi connectivity index (χ2n) is 3.70. The van der Waals surface area contributed by atoms with Crippen molar-refractivity contribution in [3.8, 4) is 0 Å². The summed E-state index contributed by atoms with van der Waals surface area (Å²) < 4.78 is 25.9. The molecule has 4 nitrogen and oxygen atoms in total. The molecule has 1 rings (SSSR count). The van der Waals surface area contributed by atoms with Gasteiger partial charge in [-0.2, -0.15) is 0 Å². The molecule has 0 aliphatic carbocycles. The molecule has 0 fully saturated rings. The highest BCUT2D eigenvalue weighted by Crippen LogP contribution is 2.11. The lowest BCUT2D eigenvalue weighted by molar-refractivity contribution is 0.265. The minimum Gasteiger partial charge on any atom is -0.395 e. The molecule has 0 heterocycles. The van der Waals surface area contributed by atoms with E-state index >= 15 is 0 Å². The molecule has 0 saturated heterocycles. The number of aliphatic hydroxyl groups excluding tert-OH is 1. The minimum absolute atomic E-state index is 0.216. The molecule has 0 unspecified atom stereocenters. The molecule has 5 heteroatoms. The van der Waals surface area contributed by atoms with Crippen LogP contribution in [0.25, 0.3) is 0 Å². The number of benzene rings is 1. The fourth-order valence-corrected chi connectivity index (χ4v) is 2.51. The molecule has 0 amide bonds. The van der Waals surface area contributed by atoms with E-state index in [1.54, 1.807) is 31.2 Å². The number of hydrogen-bond donors (Lipinski definition) is 2. The van der Waals surface area contributed by atoms with Gasteiger partial charge in [-0.05, 0) is 31.0 Å². The Morgan fingerprint density at radius 1 is 1.31 bits per heavy atom. The molecule has 0 radical (unpaired) electrons. The van der Waals surface area contributed by atoms with E-state index in [-0.39, 0.29) is 11.5 Å². The second-order valence-corrected chi connectivity index (χ2v) is 5.42. The highest BCUT2D eigenvalue weighted by Gasteiger charge is 2.16. The third-order valence-electron chi connectivity index (χ3n) is 2.27. The fraction of sp³-hybridized carbons (Fsp3) is 0.455. The monoisotopic (exact) mass is 243 g/mol. The topological polar surface area (TPSA) is 66.4 Å². The summed E-state index contributed by atoms with van der Waals surface area (Å²) in [5.41, 5.74) is 1.09. The number of hydrogen-bond acceptors (Lipinski definition) is 3. The van der Waals surface area contributed by atoms with Crippen LogP contribution in [0.1, 0.15) is 19.4 Å². The Morgan fingerprint density at radius 3 is 2.31 bits per heavy atom. The normalized spacial score (nSPS) is 13.7. The number of aryl methyl sites for hydroxylation is 1. The first-order chi connectivity index (χ1) is 7.49. The van der Waals surface area contributed by atoms with Gasteiger partial charge in [-0.15, -0.1) is 0 Å².